The number of piperidine rings is 2. The molecule has 0 saturated carbocycles. The minimum atomic E-state index is -0.236. The highest BCUT2D eigenvalue weighted by atomic mass is 16.5. The average molecular weight is 401 g/mol. The van der Waals surface area contributed by atoms with Gasteiger partial charge in [0.2, 0.25) is 5.91 Å². The standard InChI is InChI=1S/C24H36N2O3/c27-22-17-24(19-26(18-22)21-9-15-29-16-10-21)11-13-25(14-12-24)23(28)8-4-7-20-5-2-1-3-6-20/h1-3,5-6,21-22,27H,4,7-19H2. The number of likely N-dealkylation sites (tertiary alicyclic amines) is 2. The molecule has 0 aliphatic carbocycles. The third kappa shape index (κ3) is 5.39. The van der Waals surface area contributed by atoms with Gasteiger partial charge in [0.1, 0.15) is 0 Å². The minimum Gasteiger partial charge on any atom is -0.392 e. The normalized spacial score (nSPS) is 26.0. The first-order valence-electron chi connectivity index (χ1n) is 11.5. The summed E-state index contributed by atoms with van der Waals surface area (Å²) in [5.41, 5.74) is 1.49. The van der Waals surface area contributed by atoms with E-state index in [1.807, 2.05) is 6.07 Å². The first-order valence-corrected chi connectivity index (χ1v) is 11.5. The topological polar surface area (TPSA) is 53.0 Å². The van der Waals surface area contributed by atoms with Crippen molar-refractivity contribution in [3.8, 4) is 0 Å². The number of carbonyl (C=O) groups is 1. The summed E-state index contributed by atoms with van der Waals surface area (Å²) in [6, 6.07) is 11.0. The molecule has 0 aromatic heterocycles. The van der Waals surface area contributed by atoms with Gasteiger partial charge in [-0.25, -0.2) is 0 Å². The van der Waals surface area contributed by atoms with Crippen LogP contribution in [0, 0.1) is 5.41 Å². The van der Waals surface area contributed by atoms with E-state index >= 15 is 0 Å². The number of hydrogen-bond acceptors (Lipinski definition) is 4. The van der Waals surface area contributed by atoms with Crippen LogP contribution in [0.2, 0.25) is 0 Å². The summed E-state index contributed by atoms with van der Waals surface area (Å²) in [6.07, 6.45) is 7.38. The molecule has 160 valence electrons. The molecular weight excluding hydrogens is 364 g/mol. The van der Waals surface area contributed by atoms with E-state index in [9.17, 15) is 9.90 Å². The molecule has 1 aromatic rings. The summed E-state index contributed by atoms with van der Waals surface area (Å²) in [5.74, 6) is 0.299. The Morgan fingerprint density at radius 1 is 1.14 bits per heavy atom. The van der Waals surface area contributed by atoms with Crippen molar-refractivity contribution in [2.45, 2.75) is 63.5 Å². The second-order valence-electron chi connectivity index (χ2n) is 9.35. The van der Waals surface area contributed by atoms with Crippen LogP contribution in [0.5, 0.6) is 0 Å². The molecule has 3 fully saturated rings. The SMILES string of the molecule is O=C(CCCc1ccccc1)N1CCC2(CC1)CC(O)CN(C1CCOCC1)C2. The monoisotopic (exact) mass is 400 g/mol. The van der Waals surface area contributed by atoms with E-state index in [2.05, 4.69) is 34.1 Å². The maximum Gasteiger partial charge on any atom is 0.222 e. The van der Waals surface area contributed by atoms with Crippen molar-refractivity contribution in [3.05, 3.63) is 35.9 Å². The van der Waals surface area contributed by atoms with Gasteiger partial charge in [-0.05, 0) is 55.9 Å². The molecule has 1 atom stereocenters. The number of aliphatic hydroxyl groups excluding tert-OH is 1. The van der Waals surface area contributed by atoms with Crippen LogP contribution in [-0.4, -0.2) is 72.4 Å². The molecule has 1 N–H and O–H groups in total. The number of aliphatic hydroxyl groups is 1. The molecule has 29 heavy (non-hydrogen) atoms. The van der Waals surface area contributed by atoms with Crippen molar-refractivity contribution in [2.24, 2.45) is 5.41 Å². The van der Waals surface area contributed by atoms with Gasteiger partial charge in [0.05, 0.1) is 6.10 Å². The van der Waals surface area contributed by atoms with Crippen molar-refractivity contribution in [1.29, 1.82) is 0 Å². The lowest BCUT2D eigenvalue weighted by molar-refractivity contribution is -0.135. The number of hydrogen-bond donors (Lipinski definition) is 1. The highest BCUT2D eigenvalue weighted by Crippen LogP contribution is 2.41. The van der Waals surface area contributed by atoms with Crippen molar-refractivity contribution >= 4 is 5.91 Å². The fourth-order valence-corrected chi connectivity index (χ4v) is 5.56. The van der Waals surface area contributed by atoms with E-state index in [0.717, 1.165) is 84.3 Å². The van der Waals surface area contributed by atoms with E-state index in [1.54, 1.807) is 0 Å². The molecule has 3 saturated heterocycles. The second kappa shape index (κ2) is 9.59. The van der Waals surface area contributed by atoms with Gasteiger partial charge in [0.15, 0.2) is 0 Å². The van der Waals surface area contributed by atoms with Gasteiger partial charge >= 0.3 is 0 Å². The summed E-state index contributed by atoms with van der Waals surface area (Å²) < 4.78 is 5.52. The van der Waals surface area contributed by atoms with Crippen LogP contribution in [0.4, 0.5) is 0 Å². The van der Waals surface area contributed by atoms with Crippen LogP contribution in [-0.2, 0) is 16.0 Å². The highest BCUT2D eigenvalue weighted by Gasteiger charge is 2.43. The Balaban J connectivity index is 1.25. The Labute approximate surface area is 175 Å². The molecule has 3 heterocycles. The Kier molecular flexibility index (Phi) is 6.88. The smallest absolute Gasteiger partial charge is 0.222 e. The minimum absolute atomic E-state index is 0.177. The molecule has 1 spiro atoms. The van der Waals surface area contributed by atoms with Crippen LogP contribution < -0.4 is 0 Å². The Morgan fingerprint density at radius 2 is 1.86 bits per heavy atom. The van der Waals surface area contributed by atoms with Crippen molar-refractivity contribution in [2.75, 3.05) is 39.4 Å². The molecule has 5 heteroatoms. The predicted octanol–water partition coefficient (Wildman–Crippen LogP) is 2.86. The Hall–Kier alpha value is -1.43. The molecule has 1 amide bonds. The number of ether oxygens (including phenoxy) is 1. The number of β-amino-alcohol motifs (C(OH)–C–C–N with tert-alkyl or cyclic N) is 1. The van der Waals surface area contributed by atoms with E-state index in [1.165, 1.54) is 5.56 Å². The first kappa shape index (κ1) is 20.8. The van der Waals surface area contributed by atoms with Crippen molar-refractivity contribution in [1.82, 2.24) is 9.80 Å². The number of benzene rings is 1. The average Bonchev–Trinajstić information content (AvgIpc) is 2.75. The van der Waals surface area contributed by atoms with Gasteiger partial charge in [-0.2, -0.15) is 0 Å². The van der Waals surface area contributed by atoms with Gasteiger partial charge in [-0.1, -0.05) is 30.3 Å². The second-order valence-corrected chi connectivity index (χ2v) is 9.35. The lowest BCUT2D eigenvalue weighted by atomic mass is 9.71. The number of nitrogens with zero attached hydrogens (tertiary/aromatic N) is 2. The third-order valence-corrected chi connectivity index (χ3v) is 7.24. The summed E-state index contributed by atoms with van der Waals surface area (Å²) in [5, 5.41) is 10.6. The number of aryl methyl sites for hydroxylation is 1. The zero-order valence-corrected chi connectivity index (χ0v) is 17.6. The van der Waals surface area contributed by atoms with Gasteiger partial charge in [-0.3, -0.25) is 9.69 Å². The van der Waals surface area contributed by atoms with Crippen LogP contribution in [0.15, 0.2) is 30.3 Å². The molecule has 1 aromatic carbocycles. The predicted molar refractivity (Wildman–Crippen MR) is 114 cm³/mol. The van der Waals surface area contributed by atoms with E-state index in [-0.39, 0.29) is 11.5 Å². The third-order valence-electron chi connectivity index (χ3n) is 7.24. The summed E-state index contributed by atoms with van der Waals surface area (Å²) in [4.78, 5) is 17.3. The maximum atomic E-state index is 12.7. The van der Waals surface area contributed by atoms with Gasteiger partial charge in [0, 0.05) is 51.9 Å². The van der Waals surface area contributed by atoms with Crippen LogP contribution in [0.3, 0.4) is 0 Å². The Bertz CT molecular complexity index is 651. The van der Waals surface area contributed by atoms with Gasteiger partial charge in [-0.15, -0.1) is 0 Å². The van der Waals surface area contributed by atoms with E-state index in [0.29, 0.717) is 18.4 Å². The zero-order valence-electron chi connectivity index (χ0n) is 17.6. The fourth-order valence-electron chi connectivity index (χ4n) is 5.56. The number of amides is 1. The quantitative estimate of drug-likeness (QED) is 0.826. The zero-order chi connectivity index (χ0) is 20.1. The number of rotatable bonds is 5. The fraction of sp³-hybridized carbons (Fsp3) is 0.708. The van der Waals surface area contributed by atoms with Crippen LogP contribution >= 0.6 is 0 Å². The summed E-state index contributed by atoms with van der Waals surface area (Å²) in [7, 11) is 0. The number of carbonyl (C=O) groups excluding carboxylic acids is 1. The van der Waals surface area contributed by atoms with Crippen LogP contribution in [0.1, 0.15) is 50.5 Å². The van der Waals surface area contributed by atoms with Gasteiger partial charge in [0.25, 0.3) is 0 Å². The first-order chi connectivity index (χ1) is 14.1. The van der Waals surface area contributed by atoms with Crippen LogP contribution in [0.25, 0.3) is 0 Å². The molecular formula is C24H36N2O3. The van der Waals surface area contributed by atoms with Crippen molar-refractivity contribution in [3.63, 3.8) is 0 Å². The lowest BCUT2D eigenvalue weighted by Gasteiger charge is -2.51. The largest absolute Gasteiger partial charge is 0.392 e. The van der Waals surface area contributed by atoms with E-state index in [4.69, 9.17) is 4.74 Å². The lowest BCUT2D eigenvalue weighted by Crippen LogP contribution is -2.57. The van der Waals surface area contributed by atoms with E-state index < -0.39 is 0 Å². The molecule has 0 bridgehead atoms. The van der Waals surface area contributed by atoms with Gasteiger partial charge < -0.3 is 14.7 Å². The molecule has 3 aliphatic rings. The van der Waals surface area contributed by atoms with Crippen molar-refractivity contribution < 1.29 is 14.6 Å². The summed E-state index contributed by atoms with van der Waals surface area (Å²) in [6.45, 7) is 5.25. The molecule has 4 rings (SSSR count). The molecule has 5 nitrogen and oxygen atoms in total. The highest BCUT2D eigenvalue weighted by molar-refractivity contribution is 5.76. The Morgan fingerprint density at radius 3 is 2.59 bits per heavy atom. The summed E-state index contributed by atoms with van der Waals surface area (Å²) >= 11 is 0. The molecule has 3 aliphatic heterocycles. The molecule has 1 unspecified atom stereocenters. The molecule has 0 radical (unpaired) electrons. The maximum absolute atomic E-state index is 12.7.